The fourth-order valence-electron chi connectivity index (χ4n) is 3.28. The van der Waals surface area contributed by atoms with Gasteiger partial charge in [-0.2, -0.15) is 0 Å². The van der Waals surface area contributed by atoms with Gasteiger partial charge >= 0.3 is 0 Å². The van der Waals surface area contributed by atoms with Gasteiger partial charge in [0, 0.05) is 13.1 Å². The molecule has 2 rings (SSSR count). The van der Waals surface area contributed by atoms with Crippen LogP contribution in [-0.4, -0.2) is 43.0 Å². The van der Waals surface area contributed by atoms with Gasteiger partial charge in [0.25, 0.3) is 0 Å². The van der Waals surface area contributed by atoms with Crippen LogP contribution in [-0.2, 0) is 22.4 Å². The van der Waals surface area contributed by atoms with E-state index < -0.39 is 6.04 Å². The molecule has 0 bridgehead atoms. The van der Waals surface area contributed by atoms with Crippen molar-refractivity contribution in [3.8, 4) is 5.75 Å². The van der Waals surface area contributed by atoms with E-state index in [-0.39, 0.29) is 18.2 Å². The second kappa shape index (κ2) is 11.9. The monoisotopic (exact) mass is 396 g/mol. The van der Waals surface area contributed by atoms with E-state index in [0.717, 1.165) is 23.3 Å². The van der Waals surface area contributed by atoms with Crippen LogP contribution in [0, 0.1) is 0 Å². The predicted octanol–water partition coefficient (Wildman–Crippen LogP) is 3.61. The van der Waals surface area contributed by atoms with Crippen molar-refractivity contribution in [2.75, 3.05) is 20.2 Å². The minimum Gasteiger partial charge on any atom is -0.497 e. The molecular weight excluding hydrogens is 364 g/mol. The van der Waals surface area contributed by atoms with E-state index in [0.29, 0.717) is 25.9 Å². The summed E-state index contributed by atoms with van der Waals surface area (Å²) in [6.45, 7) is 5.10. The Hall–Kier alpha value is -2.82. The van der Waals surface area contributed by atoms with Gasteiger partial charge in [0.1, 0.15) is 11.8 Å². The Balaban J connectivity index is 2.16. The topological polar surface area (TPSA) is 58.6 Å². The first-order chi connectivity index (χ1) is 14.1. The number of hydrogen-bond donors (Lipinski definition) is 1. The molecule has 1 atom stereocenters. The lowest BCUT2D eigenvalue weighted by atomic mass is 10.1. The van der Waals surface area contributed by atoms with Crippen LogP contribution in [0.3, 0.4) is 0 Å². The molecule has 2 aromatic carbocycles. The lowest BCUT2D eigenvalue weighted by Crippen LogP contribution is -2.50. The molecule has 156 valence electrons. The summed E-state index contributed by atoms with van der Waals surface area (Å²) in [6, 6.07) is 17.1. The molecule has 0 aliphatic rings. The smallest absolute Gasteiger partial charge is 0.242 e. The van der Waals surface area contributed by atoms with Crippen LogP contribution in [0.15, 0.2) is 54.6 Å². The molecule has 0 saturated carbocycles. The molecule has 0 aliphatic heterocycles. The van der Waals surface area contributed by atoms with Crippen molar-refractivity contribution in [2.45, 2.75) is 45.6 Å². The van der Waals surface area contributed by atoms with Crippen LogP contribution in [0.4, 0.5) is 0 Å². The Morgan fingerprint density at radius 3 is 2.28 bits per heavy atom. The van der Waals surface area contributed by atoms with Gasteiger partial charge in [0.15, 0.2) is 0 Å². The summed E-state index contributed by atoms with van der Waals surface area (Å²) in [5.41, 5.74) is 2.06. The van der Waals surface area contributed by atoms with Crippen molar-refractivity contribution in [3.05, 3.63) is 65.7 Å². The first kappa shape index (κ1) is 22.5. The van der Waals surface area contributed by atoms with E-state index in [9.17, 15) is 9.59 Å². The van der Waals surface area contributed by atoms with Crippen molar-refractivity contribution in [1.82, 2.24) is 10.2 Å². The maximum absolute atomic E-state index is 13.2. The minimum absolute atomic E-state index is 0.0374. The molecule has 0 fully saturated rings. The van der Waals surface area contributed by atoms with Crippen molar-refractivity contribution >= 4 is 11.8 Å². The molecule has 5 nitrogen and oxygen atoms in total. The zero-order valence-electron chi connectivity index (χ0n) is 17.7. The Kier molecular flexibility index (Phi) is 9.22. The van der Waals surface area contributed by atoms with Gasteiger partial charge in [0.2, 0.25) is 11.8 Å². The standard InChI is InChI=1S/C24H32N2O3/c1-4-16-25-24(28)22(5-2)26(17-15-19-9-7-6-8-10-19)23(27)18-20-11-13-21(29-3)14-12-20/h6-14,22H,4-5,15-18H2,1-3H3,(H,25,28)/t22-/m1/s1. The highest BCUT2D eigenvalue weighted by molar-refractivity contribution is 5.88. The average Bonchev–Trinajstić information content (AvgIpc) is 2.76. The Bertz CT molecular complexity index is 759. The van der Waals surface area contributed by atoms with Crippen LogP contribution in [0.2, 0.25) is 0 Å². The molecule has 0 spiro atoms. The fraction of sp³-hybridized carbons (Fsp3) is 0.417. The minimum atomic E-state index is -0.462. The molecule has 2 amide bonds. The van der Waals surface area contributed by atoms with Crippen LogP contribution < -0.4 is 10.1 Å². The lowest BCUT2D eigenvalue weighted by molar-refractivity contribution is -0.140. The Labute approximate surface area is 174 Å². The summed E-state index contributed by atoms with van der Waals surface area (Å²) in [5, 5.41) is 2.95. The van der Waals surface area contributed by atoms with E-state index >= 15 is 0 Å². The van der Waals surface area contributed by atoms with Crippen molar-refractivity contribution in [1.29, 1.82) is 0 Å². The third-order valence-corrected chi connectivity index (χ3v) is 4.93. The predicted molar refractivity (Wildman–Crippen MR) is 116 cm³/mol. The number of nitrogens with one attached hydrogen (secondary N) is 1. The van der Waals surface area contributed by atoms with E-state index in [1.807, 2.05) is 68.4 Å². The Morgan fingerprint density at radius 2 is 1.69 bits per heavy atom. The quantitative estimate of drug-likeness (QED) is 0.631. The average molecular weight is 397 g/mol. The van der Waals surface area contributed by atoms with Crippen LogP contribution in [0.25, 0.3) is 0 Å². The molecule has 0 unspecified atom stereocenters. The van der Waals surface area contributed by atoms with Gasteiger partial charge in [0.05, 0.1) is 13.5 Å². The van der Waals surface area contributed by atoms with E-state index in [1.54, 1.807) is 12.0 Å². The second-order valence-electron chi connectivity index (χ2n) is 7.06. The SMILES string of the molecule is CCCNC(=O)[C@@H](CC)N(CCc1ccccc1)C(=O)Cc1ccc(OC)cc1. The summed E-state index contributed by atoms with van der Waals surface area (Å²) in [5.74, 6) is 0.641. The Morgan fingerprint density at radius 1 is 1.00 bits per heavy atom. The number of rotatable bonds is 11. The van der Waals surface area contributed by atoms with Crippen LogP contribution in [0.1, 0.15) is 37.8 Å². The molecule has 29 heavy (non-hydrogen) atoms. The molecule has 5 heteroatoms. The highest BCUT2D eigenvalue weighted by Gasteiger charge is 2.28. The number of benzene rings is 2. The maximum atomic E-state index is 13.2. The third-order valence-electron chi connectivity index (χ3n) is 4.93. The second-order valence-corrected chi connectivity index (χ2v) is 7.06. The lowest BCUT2D eigenvalue weighted by Gasteiger charge is -2.30. The number of methoxy groups -OCH3 is 1. The van der Waals surface area contributed by atoms with Crippen molar-refractivity contribution < 1.29 is 14.3 Å². The van der Waals surface area contributed by atoms with E-state index in [2.05, 4.69) is 5.32 Å². The number of carbonyl (C=O) groups is 2. The normalized spacial score (nSPS) is 11.6. The molecule has 0 saturated heterocycles. The first-order valence-electron chi connectivity index (χ1n) is 10.3. The molecule has 2 aromatic rings. The number of hydrogen-bond acceptors (Lipinski definition) is 3. The summed E-state index contributed by atoms with van der Waals surface area (Å²) in [7, 11) is 1.62. The number of ether oxygens (including phenoxy) is 1. The summed E-state index contributed by atoms with van der Waals surface area (Å²) in [4.78, 5) is 27.6. The zero-order chi connectivity index (χ0) is 21.1. The fourth-order valence-corrected chi connectivity index (χ4v) is 3.28. The van der Waals surface area contributed by atoms with Crippen molar-refractivity contribution in [2.24, 2.45) is 0 Å². The number of amides is 2. The highest BCUT2D eigenvalue weighted by atomic mass is 16.5. The molecule has 1 N–H and O–H groups in total. The molecular formula is C24H32N2O3. The largest absolute Gasteiger partial charge is 0.497 e. The summed E-state index contributed by atoms with van der Waals surface area (Å²) >= 11 is 0. The molecule has 0 heterocycles. The van der Waals surface area contributed by atoms with Gasteiger partial charge in [-0.25, -0.2) is 0 Å². The third kappa shape index (κ3) is 6.93. The van der Waals surface area contributed by atoms with Gasteiger partial charge in [-0.1, -0.05) is 56.3 Å². The van der Waals surface area contributed by atoms with Crippen molar-refractivity contribution in [3.63, 3.8) is 0 Å². The number of carbonyl (C=O) groups excluding carboxylic acids is 2. The zero-order valence-corrected chi connectivity index (χ0v) is 17.7. The van der Waals surface area contributed by atoms with Crippen LogP contribution >= 0.6 is 0 Å². The number of nitrogens with zero attached hydrogens (tertiary/aromatic N) is 1. The van der Waals surface area contributed by atoms with Gasteiger partial charge in [-0.3, -0.25) is 9.59 Å². The first-order valence-corrected chi connectivity index (χ1v) is 10.3. The van der Waals surface area contributed by atoms with Gasteiger partial charge in [-0.05, 0) is 42.5 Å². The molecule has 0 radical (unpaired) electrons. The summed E-state index contributed by atoms with van der Waals surface area (Å²) in [6.07, 6.45) is 2.42. The highest BCUT2D eigenvalue weighted by Crippen LogP contribution is 2.15. The van der Waals surface area contributed by atoms with Gasteiger partial charge in [-0.15, -0.1) is 0 Å². The summed E-state index contributed by atoms with van der Waals surface area (Å²) < 4.78 is 5.19. The molecule has 0 aromatic heterocycles. The van der Waals surface area contributed by atoms with Gasteiger partial charge < -0.3 is 15.0 Å². The van der Waals surface area contributed by atoms with Crippen LogP contribution in [0.5, 0.6) is 5.75 Å². The molecule has 0 aliphatic carbocycles. The maximum Gasteiger partial charge on any atom is 0.242 e. The van der Waals surface area contributed by atoms with E-state index in [4.69, 9.17) is 4.74 Å². The van der Waals surface area contributed by atoms with E-state index in [1.165, 1.54) is 0 Å².